The molecule has 1 amide bonds. The Morgan fingerprint density at radius 1 is 1.30 bits per heavy atom. The predicted octanol–water partition coefficient (Wildman–Crippen LogP) is 4.63. The Bertz CT molecular complexity index is 891. The zero-order chi connectivity index (χ0) is 19.6. The number of hydrogen-bond donors (Lipinski definition) is 1. The zero-order valence-electron chi connectivity index (χ0n) is 15.1. The number of thiophene rings is 1. The van der Waals surface area contributed by atoms with Gasteiger partial charge in [-0.15, -0.1) is 11.3 Å². The van der Waals surface area contributed by atoms with Crippen molar-refractivity contribution in [1.29, 1.82) is 0 Å². The summed E-state index contributed by atoms with van der Waals surface area (Å²) < 4.78 is 5.47. The second kappa shape index (κ2) is 8.15. The summed E-state index contributed by atoms with van der Waals surface area (Å²) in [4.78, 5) is 27.7. The number of aliphatic hydroxyl groups excluding tert-OH is 1. The standard InChI is InChI=1S/C20H20ClNO4S/c1-3-9-22-17(15-6-5-10-27-15)16(19(24)20(22)25)18(23)13-11-12(26-4-2)7-8-14(13)21/h5-8,10-11,17,23H,3-4,9H2,1-2H3/b18-16-. The van der Waals surface area contributed by atoms with Gasteiger partial charge in [0.25, 0.3) is 11.7 Å². The molecule has 1 atom stereocenters. The van der Waals surface area contributed by atoms with Crippen molar-refractivity contribution in [3.63, 3.8) is 0 Å². The van der Waals surface area contributed by atoms with Gasteiger partial charge in [-0.05, 0) is 43.0 Å². The van der Waals surface area contributed by atoms with Crippen LogP contribution in [0.25, 0.3) is 5.76 Å². The van der Waals surface area contributed by atoms with E-state index in [4.69, 9.17) is 16.3 Å². The first kappa shape index (κ1) is 19.5. The van der Waals surface area contributed by atoms with Crippen molar-refractivity contribution >= 4 is 40.4 Å². The van der Waals surface area contributed by atoms with Crippen LogP contribution in [0.3, 0.4) is 0 Å². The Labute approximate surface area is 166 Å². The van der Waals surface area contributed by atoms with Crippen LogP contribution in [0.2, 0.25) is 5.02 Å². The minimum absolute atomic E-state index is 0.0615. The Hall–Kier alpha value is -2.31. The van der Waals surface area contributed by atoms with E-state index in [0.29, 0.717) is 25.3 Å². The summed E-state index contributed by atoms with van der Waals surface area (Å²) in [6.07, 6.45) is 0.704. The number of Topliss-reactive ketones (excluding diaryl/α,β-unsaturated/α-hetero) is 1. The van der Waals surface area contributed by atoms with Gasteiger partial charge in [-0.1, -0.05) is 24.6 Å². The van der Waals surface area contributed by atoms with E-state index < -0.39 is 17.7 Å². The molecule has 0 aliphatic carbocycles. The number of carbonyl (C=O) groups is 2. The van der Waals surface area contributed by atoms with Gasteiger partial charge in [-0.2, -0.15) is 0 Å². The summed E-state index contributed by atoms with van der Waals surface area (Å²) >= 11 is 7.70. The van der Waals surface area contributed by atoms with E-state index in [1.54, 1.807) is 18.2 Å². The molecular weight excluding hydrogens is 386 g/mol. The molecule has 2 heterocycles. The third-order valence-electron chi connectivity index (χ3n) is 4.32. The first-order chi connectivity index (χ1) is 13.0. The van der Waals surface area contributed by atoms with Gasteiger partial charge in [-0.3, -0.25) is 9.59 Å². The number of nitrogens with zero attached hydrogens (tertiary/aromatic N) is 1. The number of benzene rings is 1. The quantitative estimate of drug-likeness (QED) is 0.432. The number of hydrogen-bond acceptors (Lipinski definition) is 5. The van der Waals surface area contributed by atoms with Gasteiger partial charge in [0, 0.05) is 17.0 Å². The van der Waals surface area contributed by atoms with Crippen LogP contribution in [0.15, 0.2) is 41.3 Å². The number of carbonyl (C=O) groups excluding carboxylic acids is 2. The van der Waals surface area contributed by atoms with Crippen molar-refractivity contribution in [3.8, 4) is 5.75 Å². The summed E-state index contributed by atoms with van der Waals surface area (Å²) in [5.74, 6) is -1.05. The maximum atomic E-state index is 12.8. The normalized spacial score (nSPS) is 18.9. The average molecular weight is 406 g/mol. The van der Waals surface area contributed by atoms with E-state index in [0.717, 1.165) is 4.88 Å². The first-order valence-electron chi connectivity index (χ1n) is 8.74. The van der Waals surface area contributed by atoms with Crippen molar-refractivity contribution in [3.05, 3.63) is 56.7 Å². The molecule has 1 fully saturated rings. The van der Waals surface area contributed by atoms with E-state index in [2.05, 4.69) is 0 Å². The number of aliphatic hydroxyl groups is 1. The maximum absolute atomic E-state index is 12.8. The molecule has 5 nitrogen and oxygen atoms in total. The Kier molecular flexibility index (Phi) is 5.87. The van der Waals surface area contributed by atoms with Gasteiger partial charge < -0.3 is 14.7 Å². The molecule has 1 N–H and O–H groups in total. The molecule has 1 aromatic carbocycles. The summed E-state index contributed by atoms with van der Waals surface area (Å²) in [7, 11) is 0. The monoisotopic (exact) mass is 405 g/mol. The molecule has 0 spiro atoms. The van der Waals surface area contributed by atoms with E-state index >= 15 is 0 Å². The fourth-order valence-electron chi connectivity index (χ4n) is 3.18. The van der Waals surface area contributed by atoms with Crippen LogP contribution in [0.4, 0.5) is 0 Å². The van der Waals surface area contributed by atoms with Crippen molar-refractivity contribution in [1.82, 2.24) is 4.90 Å². The molecule has 7 heteroatoms. The number of ketones is 1. The fraction of sp³-hybridized carbons (Fsp3) is 0.300. The van der Waals surface area contributed by atoms with Gasteiger partial charge in [0.05, 0.1) is 23.2 Å². The highest BCUT2D eigenvalue weighted by Gasteiger charge is 2.46. The second-order valence-corrected chi connectivity index (χ2v) is 7.47. The van der Waals surface area contributed by atoms with Gasteiger partial charge in [0.2, 0.25) is 0 Å². The van der Waals surface area contributed by atoms with Crippen LogP contribution in [-0.4, -0.2) is 34.8 Å². The summed E-state index contributed by atoms with van der Waals surface area (Å²) in [6.45, 7) is 4.67. The molecule has 1 aromatic heterocycles. The number of halogens is 1. The molecule has 2 aromatic rings. The third-order valence-corrected chi connectivity index (χ3v) is 5.58. The van der Waals surface area contributed by atoms with E-state index in [-0.39, 0.29) is 21.9 Å². The highest BCUT2D eigenvalue weighted by Crippen LogP contribution is 2.42. The van der Waals surface area contributed by atoms with Crippen molar-refractivity contribution < 1.29 is 19.4 Å². The molecule has 1 aliphatic rings. The zero-order valence-corrected chi connectivity index (χ0v) is 16.6. The number of likely N-dealkylation sites (tertiary alicyclic amines) is 1. The lowest BCUT2D eigenvalue weighted by atomic mass is 9.99. The van der Waals surface area contributed by atoms with Gasteiger partial charge in [-0.25, -0.2) is 0 Å². The lowest BCUT2D eigenvalue weighted by Crippen LogP contribution is -2.30. The van der Waals surface area contributed by atoms with Crippen molar-refractivity contribution in [2.24, 2.45) is 0 Å². The number of ether oxygens (including phenoxy) is 1. The Balaban J connectivity index is 2.18. The van der Waals surface area contributed by atoms with Gasteiger partial charge in [0.15, 0.2) is 0 Å². The van der Waals surface area contributed by atoms with Crippen LogP contribution in [0.1, 0.15) is 36.8 Å². The minimum atomic E-state index is -0.697. The number of amides is 1. The predicted molar refractivity (Wildman–Crippen MR) is 106 cm³/mol. The Morgan fingerprint density at radius 2 is 2.07 bits per heavy atom. The summed E-state index contributed by atoms with van der Waals surface area (Å²) in [5, 5.41) is 13.1. The summed E-state index contributed by atoms with van der Waals surface area (Å²) in [6, 6.07) is 7.97. The number of rotatable bonds is 6. The van der Waals surface area contributed by atoms with Crippen LogP contribution in [0.5, 0.6) is 5.75 Å². The SMILES string of the molecule is CCCN1C(=O)C(=O)/C(=C(\O)c2cc(OCC)ccc2Cl)C1c1cccs1. The topological polar surface area (TPSA) is 66.8 Å². The largest absolute Gasteiger partial charge is 0.507 e. The lowest BCUT2D eigenvalue weighted by molar-refractivity contribution is -0.139. The van der Waals surface area contributed by atoms with E-state index in [9.17, 15) is 14.7 Å². The molecule has 0 saturated carbocycles. The lowest BCUT2D eigenvalue weighted by Gasteiger charge is -2.23. The van der Waals surface area contributed by atoms with E-state index in [1.165, 1.54) is 16.2 Å². The smallest absolute Gasteiger partial charge is 0.295 e. The van der Waals surface area contributed by atoms with Crippen LogP contribution in [0, 0.1) is 0 Å². The second-order valence-electron chi connectivity index (χ2n) is 6.08. The molecule has 27 heavy (non-hydrogen) atoms. The Morgan fingerprint density at radius 3 is 2.70 bits per heavy atom. The molecule has 0 bridgehead atoms. The molecule has 1 unspecified atom stereocenters. The molecule has 3 rings (SSSR count). The average Bonchev–Trinajstić information content (AvgIpc) is 3.26. The van der Waals surface area contributed by atoms with Crippen LogP contribution >= 0.6 is 22.9 Å². The minimum Gasteiger partial charge on any atom is -0.507 e. The molecule has 1 saturated heterocycles. The molecule has 1 aliphatic heterocycles. The molecular formula is C20H20ClNO4S. The molecule has 142 valence electrons. The van der Waals surface area contributed by atoms with Crippen LogP contribution in [-0.2, 0) is 9.59 Å². The third kappa shape index (κ3) is 3.59. The highest BCUT2D eigenvalue weighted by molar-refractivity contribution is 7.10. The van der Waals surface area contributed by atoms with Crippen LogP contribution < -0.4 is 4.74 Å². The first-order valence-corrected chi connectivity index (χ1v) is 9.99. The van der Waals surface area contributed by atoms with Gasteiger partial charge >= 0.3 is 0 Å². The van der Waals surface area contributed by atoms with Gasteiger partial charge in [0.1, 0.15) is 11.5 Å². The summed E-state index contributed by atoms with van der Waals surface area (Å²) in [5.41, 5.74) is 0.338. The fourth-order valence-corrected chi connectivity index (χ4v) is 4.23. The molecule has 0 radical (unpaired) electrons. The maximum Gasteiger partial charge on any atom is 0.295 e. The van der Waals surface area contributed by atoms with Crippen molar-refractivity contribution in [2.75, 3.05) is 13.2 Å². The highest BCUT2D eigenvalue weighted by atomic mass is 35.5. The van der Waals surface area contributed by atoms with Crippen molar-refractivity contribution in [2.45, 2.75) is 26.3 Å². The van der Waals surface area contributed by atoms with E-state index in [1.807, 2.05) is 31.4 Å².